The van der Waals surface area contributed by atoms with E-state index in [2.05, 4.69) is 39.8 Å². The van der Waals surface area contributed by atoms with Gasteiger partial charge in [0.25, 0.3) is 0 Å². The van der Waals surface area contributed by atoms with Gasteiger partial charge in [-0.25, -0.2) is 4.98 Å². The van der Waals surface area contributed by atoms with Gasteiger partial charge in [0, 0.05) is 42.5 Å². The summed E-state index contributed by atoms with van der Waals surface area (Å²) in [4.78, 5) is 20.6. The lowest BCUT2D eigenvalue weighted by Crippen LogP contribution is -2.39. The molecule has 0 unspecified atom stereocenters. The summed E-state index contributed by atoms with van der Waals surface area (Å²) >= 11 is 0. The Balaban J connectivity index is 1.89. The third kappa shape index (κ3) is 1.84. The number of pyridine rings is 1. The van der Waals surface area contributed by atoms with E-state index in [-0.39, 0.29) is 0 Å². The fourth-order valence-corrected chi connectivity index (χ4v) is 3.46. The molecule has 2 atom stereocenters. The van der Waals surface area contributed by atoms with Crippen molar-refractivity contribution < 1.29 is 4.79 Å². The van der Waals surface area contributed by atoms with Crippen LogP contribution in [0, 0.1) is 5.92 Å². The average Bonchev–Trinajstić information content (AvgIpc) is 3.13. The quantitative estimate of drug-likeness (QED) is 0.734. The Morgan fingerprint density at radius 3 is 3.19 bits per heavy atom. The number of likely N-dealkylation sites (tertiary alicyclic amines) is 1. The van der Waals surface area contributed by atoms with E-state index in [9.17, 15) is 4.79 Å². The van der Waals surface area contributed by atoms with Crippen molar-refractivity contribution in [3.8, 4) is 0 Å². The first-order valence-corrected chi connectivity index (χ1v) is 7.40. The third-order valence-corrected chi connectivity index (χ3v) is 4.72. The molecular formula is C16H18N4O. The number of nitrogens with one attached hydrogen (secondary N) is 1. The van der Waals surface area contributed by atoms with Crippen LogP contribution in [0.4, 0.5) is 0 Å². The van der Waals surface area contributed by atoms with Crippen LogP contribution in [0.3, 0.4) is 0 Å². The number of piperidine rings is 1. The van der Waals surface area contributed by atoms with Gasteiger partial charge in [-0.05, 0) is 24.5 Å². The van der Waals surface area contributed by atoms with E-state index in [1.54, 1.807) is 0 Å². The summed E-state index contributed by atoms with van der Waals surface area (Å²) in [7, 11) is 0. The first kappa shape index (κ1) is 12.4. The molecule has 108 valence electrons. The summed E-state index contributed by atoms with van der Waals surface area (Å²) in [5.41, 5.74) is 2.13. The number of nitrogens with zero attached hydrogens (tertiary/aromatic N) is 3. The van der Waals surface area contributed by atoms with Gasteiger partial charge in [0.2, 0.25) is 6.41 Å². The summed E-state index contributed by atoms with van der Waals surface area (Å²) in [5.74, 6) is 0.555. The summed E-state index contributed by atoms with van der Waals surface area (Å²) in [6.45, 7) is 3.92. The van der Waals surface area contributed by atoms with Gasteiger partial charge in [-0.3, -0.25) is 4.79 Å². The van der Waals surface area contributed by atoms with Gasteiger partial charge in [-0.1, -0.05) is 6.92 Å². The van der Waals surface area contributed by atoms with Gasteiger partial charge in [0.1, 0.15) is 5.65 Å². The van der Waals surface area contributed by atoms with Crippen molar-refractivity contribution in [1.29, 1.82) is 0 Å². The summed E-state index contributed by atoms with van der Waals surface area (Å²) in [6, 6.07) is 4.51. The summed E-state index contributed by atoms with van der Waals surface area (Å²) < 4.78 is 2.33. The largest absolute Gasteiger partial charge is 0.346 e. The average molecular weight is 282 g/mol. The molecular weight excluding hydrogens is 264 g/mol. The van der Waals surface area contributed by atoms with E-state index in [0.717, 1.165) is 42.3 Å². The van der Waals surface area contributed by atoms with Crippen molar-refractivity contribution in [1.82, 2.24) is 19.4 Å². The molecule has 3 aromatic rings. The second-order valence-electron chi connectivity index (χ2n) is 5.96. The highest BCUT2D eigenvalue weighted by atomic mass is 16.1. The lowest BCUT2D eigenvalue weighted by atomic mass is 9.93. The summed E-state index contributed by atoms with van der Waals surface area (Å²) in [6.07, 6.45) is 7.99. The van der Waals surface area contributed by atoms with E-state index in [1.165, 1.54) is 5.52 Å². The predicted molar refractivity (Wildman–Crippen MR) is 82.0 cm³/mol. The first-order valence-electron chi connectivity index (χ1n) is 7.40. The minimum atomic E-state index is 0.321. The van der Waals surface area contributed by atoms with Crippen LogP contribution in [0.25, 0.3) is 21.9 Å². The molecule has 5 nitrogen and oxygen atoms in total. The van der Waals surface area contributed by atoms with Crippen LogP contribution in [0.5, 0.6) is 0 Å². The van der Waals surface area contributed by atoms with Crippen LogP contribution in [0.15, 0.2) is 30.7 Å². The Hall–Kier alpha value is -2.30. The van der Waals surface area contributed by atoms with Crippen LogP contribution in [0.1, 0.15) is 19.4 Å². The molecule has 3 aromatic heterocycles. The number of hydrogen-bond donors (Lipinski definition) is 1. The molecule has 0 aromatic carbocycles. The molecule has 0 spiro atoms. The van der Waals surface area contributed by atoms with Crippen LogP contribution < -0.4 is 0 Å². The van der Waals surface area contributed by atoms with Gasteiger partial charge in [0.15, 0.2) is 0 Å². The zero-order valence-electron chi connectivity index (χ0n) is 12.0. The van der Waals surface area contributed by atoms with Crippen molar-refractivity contribution in [3.05, 3.63) is 30.7 Å². The van der Waals surface area contributed by atoms with Gasteiger partial charge in [-0.2, -0.15) is 0 Å². The van der Waals surface area contributed by atoms with E-state index >= 15 is 0 Å². The lowest BCUT2D eigenvalue weighted by molar-refractivity contribution is -0.120. The number of carbonyl (C=O) groups is 1. The van der Waals surface area contributed by atoms with Crippen molar-refractivity contribution in [2.75, 3.05) is 13.1 Å². The Morgan fingerprint density at radius 1 is 1.43 bits per heavy atom. The maximum absolute atomic E-state index is 11.1. The van der Waals surface area contributed by atoms with E-state index in [4.69, 9.17) is 0 Å². The van der Waals surface area contributed by atoms with Crippen LogP contribution in [-0.4, -0.2) is 38.9 Å². The normalized spacial score (nSPS) is 23.0. The molecule has 0 saturated carbocycles. The number of aromatic amines is 1. The topological polar surface area (TPSA) is 53.9 Å². The second-order valence-corrected chi connectivity index (χ2v) is 5.96. The van der Waals surface area contributed by atoms with Crippen LogP contribution >= 0.6 is 0 Å². The highest BCUT2D eigenvalue weighted by Crippen LogP contribution is 2.33. The van der Waals surface area contributed by atoms with E-state index in [1.807, 2.05) is 17.3 Å². The van der Waals surface area contributed by atoms with Crippen molar-refractivity contribution in [2.45, 2.75) is 19.4 Å². The van der Waals surface area contributed by atoms with Gasteiger partial charge >= 0.3 is 0 Å². The Labute approximate surface area is 122 Å². The maximum Gasteiger partial charge on any atom is 0.209 e. The van der Waals surface area contributed by atoms with E-state index < -0.39 is 0 Å². The monoisotopic (exact) mass is 282 g/mol. The molecule has 21 heavy (non-hydrogen) atoms. The highest BCUT2D eigenvalue weighted by Gasteiger charge is 2.28. The Bertz CT molecular complexity index is 803. The number of aromatic nitrogens is 3. The Morgan fingerprint density at radius 2 is 2.33 bits per heavy atom. The first-order chi connectivity index (χ1) is 10.3. The molecule has 0 bridgehead atoms. The number of amides is 1. The molecule has 0 aliphatic carbocycles. The predicted octanol–water partition coefficient (Wildman–Crippen LogP) is 2.56. The molecule has 1 N–H and O–H groups in total. The van der Waals surface area contributed by atoms with Crippen molar-refractivity contribution >= 4 is 28.3 Å². The lowest BCUT2D eigenvalue weighted by Gasteiger charge is -2.36. The summed E-state index contributed by atoms with van der Waals surface area (Å²) in [5, 5.41) is 2.30. The fourth-order valence-electron chi connectivity index (χ4n) is 3.46. The molecule has 5 heteroatoms. The minimum Gasteiger partial charge on any atom is -0.346 e. The number of fused-ring (bicyclic) bond motifs is 3. The molecule has 0 radical (unpaired) electrons. The number of hydrogen-bond acceptors (Lipinski definition) is 2. The molecule has 1 amide bonds. The van der Waals surface area contributed by atoms with Crippen molar-refractivity contribution in [3.63, 3.8) is 0 Å². The minimum absolute atomic E-state index is 0.321. The maximum atomic E-state index is 11.1. The molecule has 4 heterocycles. The fraction of sp³-hybridized carbons (Fsp3) is 0.375. The molecule has 1 aliphatic rings. The third-order valence-electron chi connectivity index (χ3n) is 4.72. The molecule has 1 aliphatic heterocycles. The smallest absolute Gasteiger partial charge is 0.209 e. The van der Waals surface area contributed by atoms with Crippen LogP contribution in [0.2, 0.25) is 0 Å². The molecule has 4 rings (SSSR count). The Kier molecular flexibility index (Phi) is 2.74. The second kappa shape index (κ2) is 4.62. The molecule has 1 fully saturated rings. The zero-order valence-corrected chi connectivity index (χ0v) is 12.0. The SMILES string of the molecule is C[C@@H]1CCN(C=O)C[C@@H]1n1ccc2cnc3[nH]ccc3c21. The van der Waals surface area contributed by atoms with Gasteiger partial charge < -0.3 is 14.5 Å². The zero-order chi connectivity index (χ0) is 14.4. The van der Waals surface area contributed by atoms with Crippen LogP contribution in [-0.2, 0) is 4.79 Å². The van der Waals surface area contributed by atoms with Crippen molar-refractivity contribution in [2.24, 2.45) is 5.92 Å². The number of rotatable bonds is 2. The number of carbonyl (C=O) groups excluding carboxylic acids is 1. The molecule has 1 saturated heterocycles. The van der Waals surface area contributed by atoms with E-state index in [0.29, 0.717) is 12.0 Å². The van der Waals surface area contributed by atoms with Gasteiger partial charge in [0.05, 0.1) is 11.6 Å². The number of H-pyrrole nitrogens is 1. The standard InChI is InChI=1S/C16H18N4O/c1-11-3-6-19(10-21)9-14(11)20-7-4-12-8-18-16-13(15(12)20)2-5-17-16/h2,4-5,7-8,10-11,14H,3,6,9H2,1H3,(H,17,18)/t11-,14+/m1/s1. The highest BCUT2D eigenvalue weighted by molar-refractivity contribution is 6.02. The van der Waals surface area contributed by atoms with Gasteiger partial charge in [-0.15, -0.1) is 0 Å².